The quantitative estimate of drug-likeness (QED) is 0.716. The third-order valence-electron chi connectivity index (χ3n) is 3.91. The molecule has 0 aliphatic carbocycles. The van der Waals surface area contributed by atoms with Gasteiger partial charge in [-0.25, -0.2) is 17.4 Å². The molecule has 0 aliphatic rings. The van der Waals surface area contributed by atoms with Crippen LogP contribution in [0.4, 0.5) is 0 Å². The van der Waals surface area contributed by atoms with Crippen molar-refractivity contribution in [3.63, 3.8) is 0 Å². The smallest absolute Gasteiger partial charge is 0.240 e. The second kappa shape index (κ2) is 6.59. The van der Waals surface area contributed by atoms with Crippen LogP contribution in [0.2, 0.25) is 0 Å². The van der Waals surface area contributed by atoms with Gasteiger partial charge in [0, 0.05) is 25.4 Å². The van der Waals surface area contributed by atoms with E-state index in [0.717, 1.165) is 16.9 Å². The monoisotopic (exact) mass is 341 g/mol. The molecule has 3 aromatic rings. The van der Waals surface area contributed by atoms with Gasteiger partial charge in [-0.15, -0.1) is 0 Å². The second-order valence-corrected chi connectivity index (χ2v) is 7.47. The lowest BCUT2D eigenvalue weighted by Gasteiger charge is -2.14. The molecule has 1 heterocycles. The number of hydrogen-bond donors (Lipinski definition) is 0. The Labute approximate surface area is 142 Å². The van der Waals surface area contributed by atoms with Gasteiger partial charge in [-0.05, 0) is 30.3 Å². The van der Waals surface area contributed by atoms with Gasteiger partial charge in [-0.3, -0.25) is 0 Å². The fourth-order valence-corrected chi connectivity index (χ4v) is 3.53. The molecular weight excluding hydrogens is 322 g/mol. The van der Waals surface area contributed by atoms with E-state index in [1.807, 2.05) is 49.5 Å². The minimum Gasteiger partial charge on any atom is -0.240 e. The van der Waals surface area contributed by atoms with E-state index in [-0.39, 0.29) is 4.90 Å². The number of nitrogens with zero attached hydrogens (tertiary/aromatic N) is 3. The van der Waals surface area contributed by atoms with Gasteiger partial charge in [0.15, 0.2) is 0 Å². The molecule has 0 bridgehead atoms. The Balaban J connectivity index is 1.88. The van der Waals surface area contributed by atoms with E-state index in [2.05, 4.69) is 5.10 Å². The first-order chi connectivity index (χ1) is 11.5. The van der Waals surface area contributed by atoms with E-state index in [1.165, 1.54) is 4.31 Å². The van der Waals surface area contributed by atoms with Crippen LogP contribution in [0, 0.1) is 0 Å². The summed E-state index contributed by atoms with van der Waals surface area (Å²) in [6, 6.07) is 18.6. The van der Waals surface area contributed by atoms with Crippen LogP contribution in [0.3, 0.4) is 0 Å². The highest BCUT2D eigenvalue weighted by Gasteiger charge is 2.19. The normalized spacial score (nSPS) is 11.8. The summed E-state index contributed by atoms with van der Waals surface area (Å²) in [6.45, 7) is 2.24. The van der Waals surface area contributed by atoms with Crippen LogP contribution in [-0.2, 0) is 10.0 Å². The molecule has 0 unspecified atom stereocenters. The number of para-hydroxylation sites is 1. The lowest BCUT2D eigenvalue weighted by Crippen LogP contribution is -2.26. The minimum absolute atomic E-state index is 0.290. The molecule has 6 heteroatoms. The SMILES string of the molecule is CCN(C)S(=O)(=O)c1ccc(-c2ccn(-c3ccccc3)n2)cc1. The Kier molecular flexibility index (Phi) is 4.51. The zero-order chi connectivity index (χ0) is 17.2. The molecule has 0 spiro atoms. The molecule has 24 heavy (non-hydrogen) atoms. The van der Waals surface area contributed by atoms with Crippen LogP contribution < -0.4 is 0 Å². The summed E-state index contributed by atoms with van der Waals surface area (Å²) in [4.78, 5) is 0.290. The van der Waals surface area contributed by atoms with E-state index in [1.54, 1.807) is 36.0 Å². The predicted molar refractivity (Wildman–Crippen MR) is 94.5 cm³/mol. The number of benzene rings is 2. The molecule has 124 valence electrons. The Bertz CT molecular complexity index is 916. The minimum atomic E-state index is -3.42. The van der Waals surface area contributed by atoms with Crippen molar-refractivity contribution in [1.29, 1.82) is 0 Å². The van der Waals surface area contributed by atoms with Crippen molar-refractivity contribution in [2.45, 2.75) is 11.8 Å². The molecule has 0 radical (unpaired) electrons. The average molecular weight is 341 g/mol. The van der Waals surface area contributed by atoms with E-state index in [9.17, 15) is 8.42 Å². The molecule has 0 saturated carbocycles. The average Bonchev–Trinajstić information content (AvgIpc) is 3.12. The first-order valence-electron chi connectivity index (χ1n) is 7.70. The Morgan fingerprint density at radius 3 is 2.29 bits per heavy atom. The molecule has 1 aromatic heterocycles. The number of aromatic nitrogens is 2. The van der Waals surface area contributed by atoms with Gasteiger partial charge in [0.05, 0.1) is 16.3 Å². The molecule has 0 aliphatic heterocycles. The first kappa shape index (κ1) is 16.4. The lowest BCUT2D eigenvalue weighted by molar-refractivity contribution is 0.486. The lowest BCUT2D eigenvalue weighted by atomic mass is 10.2. The van der Waals surface area contributed by atoms with Crippen LogP contribution in [0.5, 0.6) is 0 Å². The zero-order valence-corrected chi connectivity index (χ0v) is 14.4. The molecule has 0 amide bonds. The van der Waals surface area contributed by atoms with Gasteiger partial charge >= 0.3 is 0 Å². The van der Waals surface area contributed by atoms with Crippen molar-refractivity contribution in [1.82, 2.24) is 14.1 Å². The van der Waals surface area contributed by atoms with Gasteiger partial charge in [0.25, 0.3) is 0 Å². The third-order valence-corrected chi connectivity index (χ3v) is 5.86. The topological polar surface area (TPSA) is 55.2 Å². The Morgan fingerprint density at radius 1 is 1.00 bits per heavy atom. The van der Waals surface area contributed by atoms with Gasteiger partial charge in [0.2, 0.25) is 10.0 Å². The van der Waals surface area contributed by atoms with Gasteiger partial charge in [-0.2, -0.15) is 5.10 Å². The van der Waals surface area contributed by atoms with E-state index in [0.29, 0.717) is 6.54 Å². The number of rotatable bonds is 5. The van der Waals surface area contributed by atoms with Crippen LogP contribution in [0.25, 0.3) is 16.9 Å². The summed E-state index contributed by atoms with van der Waals surface area (Å²) in [5.74, 6) is 0. The maximum atomic E-state index is 12.3. The summed E-state index contributed by atoms with van der Waals surface area (Å²) >= 11 is 0. The van der Waals surface area contributed by atoms with Crippen LogP contribution in [-0.4, -0.2) is 36.1 Å². The van der Waals surface area contributed by atoms with Gasteiger partial charge in [0.1, 0.15) is 0 Å². The van der Waals surface area contributed by atoms with Crippen LogP contribution >= 0.6 is 0 Å². The van der Waals surface area contributed by atoms with Crippen molar-refractivity contribution >= 4 is 10.0 Å². The Hall–Kier alpha value is -2.44. The summed E-state index contributed by atoms with van der Waals surface area (Å²) in [5, 5.41) is 4.55. The van der Waals surface area contributed by atoms with E-state index < -0.39 is 10.0 Å². The van der Waals surface area contributed by atoms with Crippen molar-refractivity contribution in [2.75, 3.05) is 13.6 Å². The number of hydrogen-bond acceptors (Lipinski definition) is 3. The summed E-state index contributed by atoms with van der Waals surface area (Å²) < 4.78 is 27.7. The summed E-state index contributed by atoms with van der Waals surface area (Å²) in [7, 11) is -1.84. The molecule has 0 fully saturated rings. The second-order valence-electron chi connectivity index (χ2n) is 5.42. The van der Waals surface area contributed by atoms with Crippen molar-refractivity contribution in [3.05, 3.63) is 66.9 Å². The molecule has 0 atom stereocenters. The number of sulfonamides is 1. The molecule has 0 saturated heterocycles. The van der Waals surface area contributed by atoms with Crippen molar-refractivity contribution in [2.24, 2.45) is 0 Å². The Morgan fingerprint density at radius 2 is 1.67 bits per heavy atom. The zero-order valence-electron chi connectivity index (χ0n) is 13.6. The predicted octanol–water partition coefficient (Wildman–Crippen LogP) is 3.18. The molecule has 0 N–H and O–H groups in total. The highest BCUT2D eigenvalue weighted by atomic mass is 32.2. The van der Waals surface area contributed by atoms with Crippen molar-refractivity contribution in [3.8, 4) is 16.9 Å². The fraction of sp³-hybridized carbons (Fsp3) is 0.167. The maximum Gasteiger partial charge on any atom is 0.242 e. The van der Waals surface area contributed by atoms with Gasteiger partial charge in [-0.1, -0.05) is 37.3 Å². The van der Waals surface area contributed by atoms with E-state index in [4.69, 9.17) is 0 Å². The third kappa shape index (κ3) is 3.11. The standard InChI is InChI=1S/C18H19N3O2S/c1-3-20(2)24(22,23)17-11-9-15(10-12-17)18-13-14-21(19-18)16-7-5-4-6-8-16/h4-14H,3H2,1-2H3. The van der Waals surface area contributed by atoms with Crippen LogP contribution in [0.15, 0.2) is 71.8 Å². The van der Waals surface area contributed by atoms with E-state index >= 15 is 0 Å². The largest absolute Gasteiger partial charge is 0.242 e. The summed E-state index contributed by atoms with van der Waals surface area (Å²) in [6.07, 6.45) is 1.89. The highest BCUT2D eigenvalue weighted by molar-refractivity contribution is 7.89. The molecule has 2 aromatic carbocycles. The fourth-order valence-electron chi connectivity index (χ4n) is 2.35. The maximum absolute atomic E-state index is 12.3. The summed E-state index contributed by atoms with van der Waals surface area (Å²) in [5.41, 5.74) is 2.65. The van der Waals surface area contributed by atoms with Crippen molar-refractivity contribution < 1.29 is 8.42 Å². The van der Waals surface area contributed by atoms with Crippen LogP contribution in [0.1, 0.15) is 6.92 Å². The van der Waals surface area contributed by atoms with Gasteiger partial charge < -0.3 is 0 Å². The highest BCUT2D eigenvalue weighted by Crippen LogP contribution is 2.22. The first-order valence-corrected chi connectivity index (χ1v) is 9.14. The molecule has 5 nitrogen and oxygen atoms in total. The molecule has 3 rings (SSSR count). The molecular formula is C18H19N3O2S.